The van der Waals surface area contributed by atoms with Crippen molar-refractivity contribution in [3.05, 3.63) is 18.2 Å². The highest BCUT2D eigenvalue weighted by atomic mass is 19.4. The summed E-state index contributed by atoms with van der Waals surface area (Å²) in [5.74, 6) is 1.09. The summed E-state index contributed by atoms with van der Waals surface area (Å²) < 4.78 is 29.0. The largest absolute Gasteiger partial charge is 0.379 e. The first-order chi connectivity index (χ1) is 5.66. The molecule has 0 aromatic carbocycles. The van der Waals surface area contributed by atoms with Gasteiger partial charge in [0.1, 0.15) is 5.82 Å². The van der Waals surface area contributed by atoms with Crippen LogP contribution < -0.4 is 0 Å². The van der Waals surface area contributed by atoms with E-state index in [1.165, 1.54) is 0 Å². The molecule has 0 spiro atoms. The Morgan fingerprint density at radius 2 is 2.08 bits per heavy atom. The number of H-pyrrole nitrogens is 1. The SMILES string of the molecule is CCCc1ncc[nH]1.FC(F)F. The molecule has 0 aliphatic heterocycles. The van der Waals surface area contributed by atoms with Gasteiger partial charge in [-0.15, -0.1) is 0 Å². The Labute approximate surface area is 68.8 Å². The number of hydrogen-bond donors (Lipinski definition) is 1. The lowest BCUT2D eigenvalue weighted by molar-refractivity contribution is 0.00819. The van der Waals surface area contributed by atoms with Gasteiger partial charge in [0.25, 0.3) is 0 Å². The summed E-state index contributed by atoms with van der Waals surface area (Å²) in [5, 5.41) is 0. The lowest BCUT2D eigenvalue weighted by atomic mass is 10.3. The van der Waals surface area contributed by atoms with Gasteiger partial charge in [0.15, 0.2) is 0 Å². The maximum atomic E-state index is 9.67. The molecule has 0 saturated carbocycles. The second-order valence-corrected chi connectivity index (χ2v) is 2.03. The molecule has 1 rings (SSSR count). The summed E-state index contributed by atoms with van der Waals surface area (Å²) >= 11 is 0. The molecule has 1 heterocycles. The fourth-order valence-electron chi connectivity index (χ4n) is 0.671. The molecule has 0 aliphatic rings. The Balaban J connectivity index is 0.000000261. The predicted molar refractivity (Wildman–Crippen MR) is 39.7 cm³/mol. The Bertz CT molecular complexity index is 172. The lowest BCUT2D eigenvalue weighted by Gasteiger charge is -1.85. The molecule has 1 aromatic heterocycles. The molecule has 0 radical (unpaired) electrons. The molecule has 0 bridgehead atoms. The van der Waals surface area contributed by atoms with Crippen LogP contribution in [0.5, 0.6) is 0 Å². The molecular weight excluding hydrogens is 169 g/mol. The van der Waals surface area contributed by atoms with E-state index < -0.39 is 6.68 Å². The van der Waals surface area contributed by atoms with E-state index in [0.29, 0.717) is 0 Å². The zero-order chi connectivity index (χ0) is 9.40. The van der Waals surface area contributed by atoms with Gasteiger partial charge in [-0.05, 0) is 6.42 Å². The molecule has 1 N–H and O–H groups in total. The zero-order valence-corrected chi connectivity index (χ0v) is 6.73. The third-order valence-electron chi connectivity index (χ3n) is 1.04. The van der Waals surface area contributed by atoms with Crippen molar-refractivity contribution < 1.29 is 13.2 Å². The van der Waals surface area contributed by atoms with Crippen molar-refractivity contribution in [2.24, 2.45) is 0 Å². The molecule has 0 atom stereocenters. The van der Waals surface area contributed by atoms with Crippen molar-refractivity contribution in [2.75, 3.05) is 0 Å². The third-order valence-corrected chi connectivity index (χ3v) is 1.04. The fourth-order valence-corrected chi connectivity index (χ4v) is 0.671. The number of nitrogens with one attached hydrogen (secondary N) is 1. The highest BCUT2D eigenvalue weighted by Crippen LogP contribution is 1.91. The molecule has 70 valence electrons. The van der Waals surface area contributed by atoms with E-state index >= 15 is 0 Å². The minimum Gasteiger partial charge on any atom is -0.349 e. The molecule has 0 fully saturated rings. The van der Waals surface area contributed by atoms with Crippen LogP contribution in [0, 0.1) is 0 Å². The summed E-state index contributed by atoms with van der Waals surface area (Å²) in [6.07, 6.45) is 5.86. The number of imidazole rings is 1. The molecule has 0 unspecified atom stereocenters. The zero-order valence-electron chi connectivity index (χ0n) is 6.73. The Morgan fingerprint density at radius 3 is 2.42 bits per heavy atom. The number of alkyl halides is 3. The van der Waals surface area contributed by atoms with Crippen LogP contribution in [0.2, 0.25) is 0 Å². The minimum atomic E-state index is -3.67. The highest BCUT2D eigenvalue weighted by molar-refractivity contribution is 4.85. The number of hydrogen-bond acceptors (Lipinski definition) is 1. The van der Waals surface area contributed by atoms with E-state index in [1.807, 2.05) is 6.20 Å². The van der Waals surface area contributed by atoms with Crippen LogP contribution in [0.3, 0.4) is 0 Å². The van der Waals surface area contributed by atoms with Crippen LogP contribution in [0.15, 0.2) is 12.4 Å². The molecule has 0 saturated heterocycles. The van der Waals surface area contributed by atoms with Crippen LogP contribution in [0.1, 0.15) is 19.2 Å². The monoisotopic (exact) mass is 180 g/mol. The molecule has 0 amide bonds. The van der Waals surface area contributed by atoms with Gasteiger partial charge < -0.3 is 4.98 Å². The average molecular weight is 180 g/mol. The normalized spacial score (nSPS) is 9.42. The van der Waals surface area contributed by atoms with Gasteiger partial charge in [0, 0.05) is 18.8 Å². The predicted octanol–water partition coefficient (Wildman–Crippen LogP) is 2.54. The van der Waals surface area contributed by atoms with Crippen molar-refractivity contribution in [1.29, 1.82) is 0 Å². The maximum Gasteiger partial charge on any atom is 0.379 e. The van der Waals surface area contributed by atoms with Crippen LogP contribution in [-0.2, 0) is 6.42 Å². The first kappa shape index (κ1) is 11.0. The highest BCUT2D eigenvalue weighted by Gasteiger charge is 1.87. The van der Waals surface area contributed by atoms with E-state index in [1.54, 1.807) is 6.20 Å². The van der Waals surface area contributed by atoms with Crippen LogP contribution in [0.4, 0.5) is 13.2 Å². The maximum absolute atomic E-state index is 9.67. The standard InChI is InChI=1S/C6H10N2.CHF3/c1-2-3-6-7-4-5-8-6;2-1(3)4/h4-5H,2-3H2,1H3,(H,7,8);1H. The van der Waals surface area contributed by atoms with Gasteiger partial charge in [-0.2, -0.15) is 13.2 Å². The Kier molecular flexibility index (Phi) is 6.14. The lowest BCUT2D eigenvalue weighted by Crippen LogP contribution is -1.83. The number of aromatic nitrogens is 2. The Morgan fingerprint density at radius 1 is 1.50 bits per heavy atom. The van der Waals surface area contributed by atoms with E-state index in [2.05, 4.69) is 16.9 Å². The summed E-state index contributed by atoms with van der Waals surface area (Å²) in [6, 6.07) is 0. The molecule has 2 nitrogen and oxygen atoms in total. The molecule has 12 heavy (non-hydrogen) atoms. The van der Waals surface area contributed by atoms with Gasteiger partial charge in [0.05, 0.1) is 0 Å². The van der Waals surface area contributed by atoms with Gasteiger partial charge >= 0.3 is 6.68 Å². The van der Waals surface area contributed by atoms with Gasteiger partial charge in [-0.3, -0.25) is 0 Å². The van der Waals surface area contributed by atoms with Gasteiger partial charge in [-0.25, -0.2) is 4.98 Å². The van der Waals surface area contributed by atoms with Crippen molar-refractivity contribution >= 4 is 0 Å². The molecular formula is C7H11F3N2. The molecule has 0 aliphatic carbocycles. The van der Waals surface area contributed by atoms with Crippen molar-refractivity contribution in [2.45, 2.75) is 26.4 Å². The van der Waals surface area contributed by atoms with Gasteiger partial charge in [-0.1, -0.05) is 6.92 Å². The van der Waals surface area contributed by atoms with E-state index in [9.17, 15) is 13.2 Å². The average Bonchev–Trinajstić information content (AvgIpc) is 2.39. The summed E-state index contributed by atoms with van der Waals surface area (Å²) in [5.41, 5.74) is 0. The number of nitrogens with zero attached hydrogens (tertiary/aromatic N) is 1. The molecule has 5 heteroatoms. The van der Waals surface area contributed by atoms with Crippen LogP contribution in [-0.4, -0.2) is 16.6 Å². The molecule has 1 aromatic rings. The van der Waals surface area contributed by atoms with Gasteiger partial charge in [0.2, 0.25) is 0 Å². The Hall–Kier alpha value is -1.00. The summed E-state index contributed by atoms with van der Waals surface area (Å²) in [4.78, 5) is 7.08. The minimum absolute atomic E-state index is 1.06. The second-order valence-electron chi connectivity index (χ2n) is 2.03. The van der Waals surface area contributed by atoms with Crippen molar-refractivity contribution in [3.63, 3.8) is 0 Å². The summed E-state index contributed by atoms with van der Waals surface area (Å²) in [6.45, 7) is -1.53. The van der Waals surface area contributed by atoms with Crippen LogP contribution >= 0.6 is 0 Å². The first-order valence-electron chi connectivity index (χ1n) is 3.57. The summed E-state index contributed by atoms with van der Waals surface area (Å²) in [7, 11) is 0. The van der Waals surface area contributed by atoms with E-state index in [0.717, 1.165) is 18.7 Å². The fraction of sp³-hybridized carbons (Fsp3) is 0.571. The number of halogens is 3. The van der Waals surface area contributed by atoms with E-state index in [4.69, 9.17) is 0 Å². The smallest absolute Gasteiger partial charge is 0.349 e. The number of rotatable bonds is 2. The van der Waals surface area contributed by atoms with E-state index in [-0.39, 0.29) is 0 Å². The second kappa shape index (κ2) is 6.69. The van der Waals surface area contributed by atoms with Crippen molar-refractivity contribution in [3.8, 4) is 0 Å². The first-order valence-corrected chi connectivity index (χ1v) is 3.57. The van der Waals surface area contributed by atoms with Crippen molar-refractivity contribution in [1.82, 2.24) is 9.97 Å². The topological polar surface area (TPSA) is 28.7 Å². The number of aryl methyl sites for hydroxylation is 1. The number of aromatic amines is 1. The third kappa shape index (κ3) is 7.11. The quantitative estimate of drug-likeness (QED) is 0.744. The van der Waals surface area contributed by atoms with Crippen LogP contribution in [0.25, 0.3) is 0 Å².